The van der Waals surface area contributed by atoms with Crippen LogP contribution in [0.1, 0.15) is 32.1 Å². The van der Waals surface area contributed by atoms with Crippen molar-refractivity contribution in [1.29, 1.82) is 0 Å². The number of carboxylic acid groups (broad SMARTS) is 1. The monoisotopic (exact) mass is 331 g/mol. The lowest BCUT2D eigenvalue weighted by Gasteiger charge is -2.33. The second-order valence-electron chi connectivity index (χ2n) is 5.99. The van der Waals surface area contributed by atoms with Gasteiger partial charge in [0.1, 0.15) is 6.10 Å². The van der Waals surface area contributed by atoms with Gasteiger partial charge in [-0.15, -0.1) is 0 Å². The van der Waals surface area contributed by atoms with Crippen molar-refractivity contribution in [3.63, 3.8) is 0 Å². The van der Waals surface area contributed by atoms with E-state index >= 15 is 0 Å². The normalized spacial score (nSPS) is 28.4. The molecular formula is C14H21NO8. The van der Waals surface area contributed by atoms with E-state index in [1.807, 2.05) is 0 Å². The fourth-order valence-corrected chi connectivity index (χ4v) is 2.98. The minimum absolute atomic E-state index is 0.0256. The number of nitrogens with one attached hydrogen (secondary N) is 1. The minimum atomic E-state index is -1.46. The third-order valence-corrected chi connectivity index (χ3v) is 4.45. The highest BCUT2D eigenvalue weighted by atomic mass is 16.7. The van der Waals surface area contributed by atoms with Crippen molar-refractivity contribution in [2.24, 2.45) is 5.41 Å². The maximum absolute atomic E-state index is 11.7. The molecule has 130 valence electrons. The zero-order valence-corrected chi connectivity index (χ0v) is 12.6. The smallest absolute Gasteiger partial charge is 0.378 e. The molecule has 1 saturated heterocycles. The van der Waals surface area contributed by atoms with Crippen molar-refractivity contribution in [3.8, 4) is 0 Å². The molecule has 0 aromatic rings. The molecule has 4 N–H and O–H groups in total. The first-order valence-electron chi connectivity index (χ1n) is 7.57. The molecule has 0 amide bonds. The number of ether oxygens (including phenoxy) is 1. The summed E-state index contributed by atoms with van der Waals surface area (Å²) in [6, 6.07) is 0. The van der Waals surface area contributed by atoms with Gasteiger partial charge in [0.15, 0.2) is 12.2 Å². The van der Waals surface area contributed by atoms with E-state index in [0.29, 0.717) is 12.8 Å². The molecule has 0 radical (unpaired) electrons. The van der Waals surface area contributed by atoms with Crippen molar-refractivity contribution < 1.29 is 39.3 Å². The summed E-state index contributed by atoms with van der Waals surface area (Å²) in [5.74, 6) is -3.08. The average molecular weight is 331 g/mol. The number of carboxylic acids is 1. The predicted octanol–water partition coefficient (Wildman–Crippen LogP) is -1.24. The van der Waals surface area contributed by atoms with Crippen LogP contribution in [-0.4, -0.2) is 64.5 Å². The molecule has 2 fully saturated rings. The Bertz CT molecular complexity index is 473. The maximum atomic E-state index is 11.7. The Balaban J connectivity index is 1.96. The Morgan fingerprint density at radius 1 is 1.35 bits per heavy atom. The molecule has 1 aliphatic carbocycles. The van der Waals surface area contributed by atoms with Crippen LogP contribution in [0.3, 0.4) is 0 Å². The number of aliphatic hydroxyl groups excluding tert-OH is 2. The molecule has 2 aliphatic rings. The van der Waals surface area contributed by atoms with Gasteiger partial charge in [-0.1, -0.05) is 19.3 Å². The second-order valence-corrected chi connectivity index (χ2v) is 5.99. The first kappa shape index (κ1) is 17.8. The van der Waals surface area contributed by atoms with Crippen molar-refractivity contribution in [2.75, 3.05) is 13.2 Å². The molecular weight excluding hydrogens is 310 g/mol. The van der Waals surface area contributed by atoms with Crippen LogP contribution in [0.15, 0.2) is 0 Å². The van der Waals surface area contributed by atoms with Gasteiger partial charge in [-0.3, -0.25) is 14.4 Å². The summed E-state index contributed by atoms with van der Waals surface area (Å²) in [5, 5.41) is 27.9. The summed E-state index contributed by atoms with van der Waals surface area (Å²) in [4.78, 5) is 39.6. The maximum Gasteiger partial charge on any atom is 0.378 e. The van der Waals surface area contributed by atoms with Crippen molar-refractivity contribution in [2.45, 2.75) is 50.4 Å². The molecule has 1 aliphatic heterocycles. The number of cyclic esters (lactones) is 1. The van der Waals surface area contributed by atoms with Gasteiger partial charge in [-0.05, 0) is 12.8 Å². The first-order chi connectivity index (χ1) is 10.9. The number of aliphatic carboxylic acids is 1. The highest BCUT2D eigenvalue weighted by Gasteiger charge is 2.49. The van der Waals surface area contributed by atoms with Crippen LogP contribution in [-0.2, 0) is 24.0 Å². The van der Waals surface area contributed by atoms with Gasteiger partial charge in [-0.25, -0.2) is 10.3 Å². The summed E-state index contributed by atoms with van der Waals surface area (Å²) in [7, 11) is 0. The van der Waals surface area contributed by atoms with Gasteiger partial charge < -0.3 is 20.1 Å². The topological polar surface area (TPSA) is 142 Å². The molecule has 0 aromatic carbocycles. The number of carbonyl (C=O) groups excluding carboxylic acids is 2. The SMILES string of the molecule is O=C1O[C@H]([C@@H](O)CO)C(ONCC2(C(=O)O)CCCCC2)C1=O. The second kappa shape index (κ2) is 7.35. The largest absolute Gasteiger partial charge is 0.481 e. The van der Waals surface area contributed by atoms with Crippen LogP contribution in [0.2, 0.25) is 0 Å². The van der Waals surface area contributed by atoms with Crippen LogP contribution >= 0.6 is 0 Å². The van der Waals surface area contributed by atoms with Gasteiger partial charge in [0.25, 0.3) is 5.78 Å². The van der Waals surface area contributed by atoms with Crippen LogP contribution in [0, 0.1) is 5.41 Å². The third-order valence-electron chi connectivity index (χ3n) is 4.45. The van der Waals surface area contributed by atoms with Crippen LogP contribution in [0.5, 0.6) is 0 Å². The summed E-state index contributed by atoms with van der Waals surface area (Å²) >= 11 is 0. The quantitative estimate of drug-likeness (QED) is 0.256. The fourth-order valence-electron chi connectivity index (χ4n) is 2.98. The summed E-state index contributed by atoms with van der Waals surface area (Å²) < 4.78 is 4.67. The van der Waals surface area contributed by atoms with E-state index in [9.17, 15) is 24.6 Å². The van der Waals surface area contributed by atoms with Crippen molar-refractivity contribution in [3.05, 3.63) is 0 Å². The molecule has 1 unspecified atom stereocenters. The minimum Gasteiger partial charge on any atom is -0.481 e. The Hall–Kier alpha value is -1.55. The molecule has 2 rings (SSSR count). The summed E-state index contributed by atoms with van der Waals surface area (Å²) in [6.07, 6.45) is -0.637. The van der Waals surface area contributed by atoms with Gasteiger partial charge in [0, 0.05) is 6.54 Å². The fraction of sp³-hybridized carbons (Fsp3) is 0.786. The van der Waals surface area contributed by atoms with Crippen LogP contribution in [0.4, 0.5) is 0 Å². The Morgan fingerprint density at radius 2 is 2.00 bits per heavy atom. The Kier molecular flexibility index (Phi) is 5.69. The number of esters is 1. The zero-order valence-electron chi connectivity index (χ0n) is 12.6. The van der Waals surface area contributed by atoms with Crippen molar-refractivity contribution >= 4 is 17.7 Å². The standard InChI is InChI=1S/C14H21NO8/c16-6-8(17)10-11(9(18)12(19)22-10)23-15-7-14(13(20)21)4-2-1-3-5-14/h8,10-11,15-17H,1-7H2,(H,20,21)/t8-,10+,11?/m0/s1. The van der Waals surface area contributed by atoms with E-state index in [2.05, 4.69) is 10.2 Å². The van der Waals surface area contributed by atoms with E-state index in [4.69, 9.17) is 9.94 Å². The third kappa shape index (κ3) is 3.69. The highest BCUT2D eigenvalue weighted by molar-refractivity contribution is 6.37. The highest BCUT2D eigenvalue weighted by Crippen LogP contribution is 2.36. The number of hydroxylamine groups is 1. The van der Waals surface area contributed by atoms with E-state index in [1.54, 1.807) is 0 Å². The number of ketones is 1. The average Bonchev–Trinajstić information content (AvgIpc) is 2.83. The van der Waals surface area contributed by atoms with E-state index in [1.165, 1.54) is 0 Å². The lowest BCUT2D eigenvalue weighted by atomic mass is 9.74. The number of carbonyl (C=O) groups is 3. The number of rotatable bonds is 7. The number of aliphatic hydroxyl groups is 2. The first-order valence-corrected chi connectivity index (χ1v) is 7.57. The molecule has 1 heterocycles. The molecule has 0 bridgehead atoms. The van der Waals surface area contributed by atoms with Crippen LogP contribution < -0.4 is 5.48 Å². The molecule has 9 heteroatoms. The molecule has 1 saturated carbocycles. The number of Topliss-reactive ketones (excluding diaryl/α,β-unsaturated/α-hetero) is 1. The van der Waals surface area contributed by atoms with Crippen LogP contribution in [0.25, 0.3) is 0 Å². The van der Waals surface area contributed by atoms with E-state index < -0.39 is 48.1 Å². The lowest BCUT2D eigenvalue weighted by Crippen LogP contribution is -2.47. The summed E-state index contributed by atoms with van der Waals surface area (Å²) in [5.41, 5.74) is 1.48. The van der Waals surface area contributed by atoms with Crippen molar-refractivity contribution in [1.82, 2.24) is 5.48 Å². The molecule has 0 aromatic heterocycles. The van der Waals surface area contributed by atoms with Gasteiger partial charge in [0.05, 0.1) is 12.0 Å². The summed E-state index contributed by atoms with van der Waals surface area (Å²) in [6.45, 7) is -0.730. The van der Waals surface area contributed by atoms with E-state index in [-0.39, 0.29) is 6.54 Å². The number of hydrogen-bond donors (Lipinski definition) is 4. The molecule has 9 nitrogen and oxygen atoms in total. The Morgan fingerprint density at radius 3 is 2.57 bits per heavy atom. The lowest BCUT2D eigenvalue weighted by molar-refractivity contribution is -0.158. The van der Waals surface area contributed by atoms with Gasteiger partial charge in [-0.2, -0.15) is 0 Å². The number of hydrogen-bond acceptors (Lipinski definition) is 8. The molecule has 23 heavy (non-hydrogen) atoms. The van der Waals surface area contributed by atoms with Gasteiger partial charge in [0.2, 0.25) is 0 Å². The van der Waals surface area contributed by atoms with E-state index in [0.717, 1.165) is 19.3 Å². The molecule has 3 atom stereocenters. The Labute approximate surface area is 132 Å². The zero-order chi connectivity index (χ0) is 17.0. The molecule has 0 spiro atoms. The predicted molar refractivity (Wildman–Crippen MR) is 74.0 cm³/mol. The van der Waals surface area contributed by atoms with Gasteiger partial charge >= 0.3 is 11.9 Å².